The molecule has 1 aromatic carbocycles. The fraction of sp³-hybridized carbons (Fsp3) is 0.603. The molecule has 0 unspecified atom stereocenters. The Bertz CT molecular complexity index is 3030. The predicted molar refractivity (Wildman–Crippen MR) is 341 cm³/mol. The second-order valence-electron chi connectivity index (χ2n) is 23.5. The number of hydrogen-bond acceptors (Lipinski definition) is 20. The van der Waals surface area contributed by atoms with E-state index in [2.05, 4.69) is 74.4 Å². The normalized spacial score (nSPS) is 27.1. The minimum atomic E-state index is -1.89. The summed E-state index contributed by atoms with van der Waals surface area (Å²) in [5.74, 6) is -18.1. The maximum Gasteiger partial charge on any atom is 0.246 e. The summed E-state index contributed by atoms with van der Waals surface area (Å²) in [5, 5.41) is 44.3. The summed E-state index contributed by atoms with van der Waals surface area (Å²) >= 11 is 0. The van der Waals surface area contributed by atoms with Crippen LogP contribution in [-0.2, 0) is 87.9 Å². The summed E-state index contributed by atoms with van der Waals surface area (Å²) in [5.41, 5.74) is 11.4. The minimum absolute atomic E-state index is 0.0148. The molecule has 35 nitrogen and oxygen atoms in total. The topological polar surface area (TPSA) is 534 Å². The molecule has 37 heteroatoms. The average molecular weight is 1370 g/mol. The molecule has 2 bridgehead atoms. The standard InChI is InChI=1S/C58H87N17O18S2/c1-8-28(4)47-57(92)69-34(15-16-41(59)77)52(87)71-37(20-42(60)78)53(88)73-39-26-95-94-25-38(55(90)70-36(54(89)74-47)19-32-11-13-33(76)14-12-32)68-46(82)24-63-50(85)31(7)66-44(80)22-61-48(83)29(5)65-43(79)21-62-49(84)30(6)67-45(81)23-64-51(86)35(18-27(2)3)72-56(91)40-10-9-17-75(40)58(39)93/h11-14,27-31,34-40,47,76H,8-10,15-26H2,1-7H3,(H2,59,77)(H2,60,78)(H,61,83)(H,62,84)(H,63,85)(H,64,86)(H,65,79)(H,66,80)(H,67,81)(H,68,82)(H,69,92)(H,70,90)(H,71,87)(H,72,91)(H,73,88)(H,74,89)/t28-,29-,30-,31-,34-,35-,36-,37-,38-,39-,40-,47-/m0/s1. The van der Waals surface area contributed by atoms with Gasteiger partial charge in [-0.2, -0.15) is 0 Å². The Morgan fingerprint density at radius 3 is 1.49 bits per heavy atom. The number of hydrogen-bond donors (Lipinski definition) is 17. The number of primary amides is 2. The summed E-state index contributed by atoms with van der Waals surface area (Å²) in [7, 11) is 1.68. The van der Waals surface area contributed by atoms with Crippen molar-refractivity contribution in [1.29, 1.82) is 0 Å². The highest BCUT2D eigenvalue weighted by atomic mass is 33.1. The number of carbonyl (C=O) groups excluding carboxylic acids is 17. The Morgan fingerprint density at radius 2 is 0.989 bits per heavy atom. The van der Waals surface area contributed by atoms with E-state index >= 15 is 4.79 Å². The lowest BCUT2D eigenvalue weighted by atomic mass is 9.96. The highest BCUT2D eigenvalue weighted by molar-refractivity contribution is 8.76. The van der Waals surface area contributed by atoms with Crippen molar-refractivity contribution in [3.63, 3.8) is 0 Å². The van der Waals surface area contributed by atoms with Crippen LogP contribution in [0.15, 0.2) is 24.3 Å². The molecule has 524 valence electrons. The van der Waals surface area contributed by atoms with Gasteiger partial charge in [0.25, 0.3) is 0 Å². The number of nitrogens with two attached hydrogens (primary N) is 2. The first-order chi connectivity index (χ1) is 44.8. The highest BCUT2D eigenvalue weighted by Gasteiger charge is 2.41. The number of phenols is 1. The van der Waals surface area contributed by atoms with Gasteiger partial charge < -0.3 is 95.9 Å². The zero-order chi connectivity index (χ0) is 70.8. The van der Waals surface area contributed by atoms with E-state index in [0.717, 1.165) is 26.5 Å². The van der Waals surface area contributed by atoms with Crippen molar-refractivity contribution in [3.8, 4) is 5.75 Å². The molecular formula is C58H87N17O18S2. The Hall–Kier alpha value is -9.29. The average Bonchev–Trinajstić information content (AvgIpc) is 1.72. The molecule has 0 saturated carbocycles. The first kappa shape index (κ1) is 78.2. The first-order valence-electron chi connectivity index (χ1n) is 30.8. The molecule has 17 amide bonds. The van der Waals surface area contributed by atoms with E-state index < -0.39 is 230 Å². The van der Waals surface area contributed by atoms with Gasteiger partial charge in [-0.1, -0.05) is 67.8 Å². The number of phenolic OH excluding ortho intramolecular Hbond substituents is 1. The number of nitrogens with zero attached hydrogens (tertiary/aromatic N) is 1. The summed E-state index contributed by atoms with van der Waals surface area (Å²) in [4.78, 5) is 233. The van der Waals surface area contributed by atoms with E-state index in [9.17, 15) is 81.8 Å². The second kappa shape index (κ2) is 38.2. The van der Waals surface area contributed by atoms with Crippen LogP contribution in [0, 0.1) is 11.8 Å². The molecule has 4 rings (SSSR count). The van der Waals surface area contributed by atoms with Crippen LogP contribution < -0.4 is 85.9 Å². The monoisotopic (exact) mass is 1370 g/mol. The van der Waals surface area contributed by atoms with Crippen molar-refractivity contribution in [2.75, 3.05) is 44.2 Å². The number of nitrogens with one attached hydrogen (secondary N) is 14. The lowest BCUT2D eigenvalue weighted by Crippen LogP contribution is -2.62. The van der Waals surface area contributed by atoms with Crippen LogP contribution in [0.25, 0.3) is 0 Å². The number of fused-ring (bicyclic) bond motifs is 6. The molecule has 19 N–H and O–H groups in total. The van der Waals surface area contributed by atoms with E-state index in [1.165, 1.54) is 45.0 Å². The van der Waals surface area contributed by atoms with Crippen LogP contribution in [0.5, 0.6) is 5.75 Å². The van der Waals surface area contributed by atoms with Gasteiger partial charge in [0.15, 0.2) is 0 Å². The number of amides is 17. The van der Waals surface area contributed by atoms with E-state index in [1.54, 1.807) is 27.7 Å². The maximum atomic E-state index is 15.0. The third kappa shape index (κ3) is 26.2. The van der Waals surface area contributed by atoms with Gasteiger partial charge in [0, 0.05) is 30.9 Å². The van der Waals surface area contributed by atoms with E-state index in [-0.39, 0.29) is 50.3 Å². The van der Waals surface area contributed by atoms with Crippen molar-refractivity contribution in [1.82, 2.24) is 79.3 Å². The number of benzene rings is 1. The van der Waals surface area contributed by atoms with Crippen molar-refractivity contribution < 1.29 is 86.6 Å². The summed E-state index contributed by atoms with van der Waals surface area (Å²) in [6.07, 6.45) is -1.73. The van der Waals surface area contributed by atoms with E-state index in [1.807, 2.05) is 0 Å². The van der Waals surface area contributed by atoms with Crippen molar-refractivity contribution >= 4 is 122 Å². The molecular weight excluding hydrogens is 1290 g/mol. The minimum Gasteiger partial charge on any atom is -0.508 e. The van der Waals surface area contributed by atoms with Crippen molar-refractivity contribution in [2.45, 2.75) is 166 Å². The van der Waals surface area contributed by atoms with Gasteiger partial charge in [-0.05, 0) is 76.0 Å². The van der Waals surface area contributed by atoms with Crippen LogP contribution in [0.4, 0.5) is 0 Å². The van der Waals surface area contributed by atoms with Crippen LogP contribution in [0.3, 0.4) is 0 Å². The van der Waals surface area contributed by atoms with Crippen LogP contribution in [0.1, 0.15) is 99.0 Å². The second-order valence-corrected chi connectivity index (χ2v) is 26.0. The molecule has 3 aliphatic rings. The zero-order valence-electron chi connectivity index (χ0n) is 53.7. The molecule has 3 saturated heterocycles. The molecule has 3 aliphatic heterocycles. The lowest BCUT2D eigenvalue weighted by Gasteiger charge is -2.31. The molecule has 0 aromatic heterocycles. The van der Waals surface area contributed by atoms with Gasteiger partial charge in [0.05, 0.1) is 32.6 Å². The SMILES string of the molecule is CC[C@H](C)[C@@H]1NC(=O)[C@H](Cc2ccc(O)cc2)NC(=O)[C@@H]2CSSC[C@H](NC(=O)[C@H](CC(N)=O)NC(=O)[C@H](CCC(N)=O)NC1=O)C(=O)N1CCC[C@H]1C(=O)N[C@@H](CC(C)C)C(=O)NCC(=O)N[C@@H](C)C(=O)NCC(=O)N[C@@H](C)C(=O)NCC(=O)N[C@@H](C)C(=O)NCC(=O)N2. The van der Waals surface area contributed by atoms with Gasteiger partial charge in [0.2, 0.25) is 100 Å². The molecule has 0 radical (unpaired) electrons. The maximum absolute atomic E-state index is 15.0. The van der Waals surface area contributed by atoms with Crippen LogP contribution >= 0.6 is 21.6 Å². The van der Waals surface area contributed by atoms with Crippen LogP contribution in [0.2, 0.25) is 0 Å². The first-order valence-corrected chi connectivity index (χ1v) is 33.3. The Kier molecular flexibility index (Phi) is 31.4. The van der Waals surface area contributed by atoms with Gasteiger partial charge in [0.1, 0.15) is 72.2 Å². The van der Waals surface area contributed by atoms with Gasteiger partial charge in [-0.25, -0.2) is 0 Å². The predicted octanol–water partition coefficient (Wildman–Crippen LogP) is -7.06. The highest BCUT2D eigenvalue weighted by Crippen LogP contribution is 2.27. The Morgan fingerprint density at radius 1 is 0.526 bits per heavy atom. The molecule has 0 spiro atoms. The fourth-order valence-electron chi connectivity index (χ4n) is 9.71. The largest absolute Gasteiger partial charge is 0.508 e. The fourth-order valence-corrected chi connectivity index (χ4v) is 12.0. The quantitative estimate of drug-likeness (QED) is 0.0916. The van der Waals surface area contributed by atoms with Crippen molar-refractivity contribution in [3.05, 3.63) is 29.8 Å². The number of aromatic hydroxyl groups is 1. The lowest BCUT2D eigenvalue weighted by molar-refractivity contribution is -0.142. The molecule has 3 fully saturated rings. The van der Waals surface area contributed by atoms with Crippen molar-refractivity contribution in [2.24, 2.45) is 23.3 Å². The smallest absolute Gasteiger partial charge is 0.246 e. The molecule has 1 aromatic rings. The number of rotatable bonds is 11. The van der Waals surface area contributed by atoms with Gasteiger partial charge in [-0.15, -0.1) is 0 Å². The molecule has 0 aliphatic carbocycles. The molecule has 12 atom stereocenters. The third-order valence-corrected chi connectivity index (χ3v) is 17.6. The van der Waals surface area contributed by atoms with Crippen LogP contribution in [-0.4, -0.2) is 221 Å². The van der Waals surface area contributed by atoms with E-state index in [0.29, 0.717) is 5.56 Å². The summed E-state index contributed by atoms with van der Waals surface area (Å²) in [6.45, 7) is 7.56. The van der Waals surface area contributed by atoms with E-state index in [4.69, 9.17) is 11.5 Å². The summed E-state index contributed by atoms with van der Waals surface area (Å²) in [6, 6.07) is -10.9. The van der Waals surface area contributed by atoms with Gasteiger partial charge >= 0.3 is 0 Å². The Balaban J connectivity index is 1.84. The molecule has 95 heavy (non-hydrogen) atoms. The number of carbonyl (C=O) groups is 17. The zero-order valence-corrected chi connectivity index (χ0v) is 55.4. The molecule has 3 heterocycles. The van der Waals surface area contributed by atoms with Gasteiger partial charge in [-0.3, -0.25) is 81.5 Å². The Labute approximate surface area is 555 Å². The summed E-state index contributed by atoms with van der Waals surface area (Å²) < 4.78 is 0. The third-order valence-electron chi connectivity index (χ3n) is 15.2.